The van der Waals surface area contributed by atoms with Gasteiger partial charge in [-0.15, -0.1) is 11.3 Å². The van der Waals surface area contributed by atoms with Crippen molar-refractivity contribution in [3.05, 3.63) is 27.5 Å². The third kappa shape index (κ3) is 2.21. The van der Waals surface area contributed by atoms with Crippen molar-refractivity contribution in [1.82, 2.24) is 5.32 Å². The Balaban J connectivity index is 3.03. The summed E-state index contributed by atoms with van der Waals surface area (Å²) in [5.41, 5.74) is 1.21. The molecule has 0 saturated carbocycles. The van der Waals surface area contributed by atoms with Gasteiger partial charge in [-0.3, -0.25) is 4.79 Å². The van der Waals surface area contributed by atoms with E-state index in [9.17, 15) is 4.79 Å². The first kappa shape index (κ1) is 10.5. The minimum atomic E-state index is -0.347. The minimum Gasteiger partial charge on any atom is -0.354 e. The van der Waals surface area contributed by atoms with Gasteiger partial charge in [-0.2, -0.15) is 5.26 Å². The highest BCUT2D eigenvalue weighted by Crippen LogP contribution is 2.18. The molecular weight excluding hydrogens is 196 g/mol. The molecule has 0 aliphatic rings. The highest BCUT2D eigenvalue weighted by molar-refractivity contribution is 7.11. The van der Waals surface area contributed by atoms with Crippen molar-refractivity contribution in [1.29, 1.82) is 5.26 Å². The SMILES string of the molecule is CNC(=O)/C(C#N)=C/c1sccc1C. The summed E-state index contributed by atoms with van der Waals surface area (Å²) in [7, 11) is 1.51. The van der Waals surface area contributed by atoms with Gasteiger partial charge in [0.15, 0.2) is 0 Å². The Morgan fingerprint density at radius 2 is 2.43 bits per heavy atom. The number of amides is 1. The maximum Gasteiger partial charge on any atom is 0.261 e. The number of aryl methyl sites for hydroxylation is 1. The van der Waals surface area contributed by atoms with Crippen molar-refractivity contribution in [2.24, 2.45) is 0 Å². The van der Waals surface area contributed by atoms with Gasteiger partial charge >= 0.3 is 0 Å². The van der Waals surface area contributed by atoms with E-state index in [1.54, 1.807) is 6.08 Å². The van der Waals surface area contributed by atoms with Gasteiger partial charge in [-0.25, -0.2) is 0 Å². The summed E-state index contributed by atoms with van der Waals surface area (Å²) in [5.74, 6) is -0.347. The number of likely N-dealkylation sites (N-methyl/N-ethyl adjacent to an activating group) is 1. The molecule has 0 spiro atoms. The lowest BCUT2D eigenvalue weighted by atomic mass is 10.2. The molecular formula is C10H10N2OS. The number of hydrogen-bond acceptors (Lipinski definition) is 3. The van der Waals surface area contributed by atoms with Crippen molar-refractivity contribution < 1.29 is 4.79 Å². The van der Waals surface area contributed by atoms with Crippen LogP contribution in [0.5, 0.6) is 0 Å². The molecule has 1 rings (SSSR count). The van der Waals surface area contributed by atoms with Crippen LogP contribution in [0.2, 0.25) is 0 Å². The second-order valence-electron chi connectivity index (χ2n) is 2.72. The fourth-order valence-electron chi connectivity index (χ4n) is 0.947. The van der Waals surface area contributed by atoms with Crippen molar-refractivity contribution >= 4 is 23.3 Å². The summed E-state index contributed by atoms with van der Waals surface area (Å²) in [6.07, 6.45) is 1.61. The lowest BCUT2D eigenvalue weighted by Gasteiger charge is -1.96. The summed E-state index contributed by atoms with van der Waals surface area (Å²) < 4.78 is 0. The van der Waals surface area contributed by atoms with Crippen LogP contribution in [-0.4, -0.2) is 13.0 Å². The molecule has 0 unspecified atom stereocenters. The average molecular weight is 206 g/mol. The van der Waals surface area contributed by atoms with Crippen molar-refractivity contribution in [2.75, 3.05) is 7.05 Å². The lowest BCUT2D eigenvalue weighted by molar-refractivity contribution is -0.116. The maximum absolute atomic E-state index is 11.2. The van der Waals surface area contributed by atoms with Crippen LogP contribution in [0.1, 0.15) is 10.4 Å². The molecule has 4 heteroatoms. The number of nitrogens with one attached hydrogen (secondary N) is 1. The van der Waals surface area contributed by atoms with Gasteiger partial charge in [0.2, 0.25) is 0 Å². The van der Waals surface area contributed by atoms with E-state index >= 15 is 0 Å². The van der Waals surface area contributed by atoms with Crippen LogP contribution in [-0.2, 0) is 4.79 Å². The monoisotopic (exact) mass is 206 g/mol. The number of carbonyl (C=O) groups is 1. The first-order chi connectivity index (χ1) is 6.69. The van der Waals surface area contributed by atoms with E-state index in [-0.39, 0.29) is 11.5 Å². The predicted molar refractivity (Wildman–Crippen MR) is 56.7 cm³/mol. The molecule has 1 amide bonds. The van der Waals surface area contributed by atoms with E-state index in [0.29, 0.717) is 0 Å². The first-order valence-corrected chi connectivity index (χ1v) is 4.95. The summed E-state index contributed by atoms with van der Waals surface area (Å²) in [6, 6.07) is 3.83. The fraction of sp³-hybridized carbons (Fsp3) is 0.200. The highest BCUT2D eigenvalue weighted by atomic mass is 32.1. The van der Waals surface area contributed by atoms with Gasteiger partial charge in [0.05, 0.1) is 0 Å². The minimum absolute atomic E-state index is 0.137. The zero-order valence-corrected chi connectivity index (χ0v) is 8.81. The van der Waals surface area contributed by atoms with E-state index in [1.807, 2.05) is 24.4 Å². The molecule has 14 heavy (non-hydrogen) atoms. The Kier molecular flexibility index (Phi) is 3.43. The van der Waals surface area contributed by atoms with Gasteiger partial charge in [-0.1, -0.05) is 0 Å². The fourth-order valence-corrected chi connectivity index (χ4v) is 1.81. The molecule has 0 radical (unpaired) electrons. The molecule has 1 heterocycles. The topological polar surface area (TPSA) is 52.9 Å². The predicted octanol–water partition coefficient (Wildman–Crippen LogP) is 1.71. The van der Waals surface area contributed by atoms with Crippen LogP contribution < -0.4 is 5.32 Å². The van der Waals surface area contributed by atoms with E-state index in [1.165, 1.54) is 18.4 Å². The third-order valence-corrected chi connectivity index (χ3v) is 2.74. The Morgan fingerprint density at radius 3 is 2.86 bits per heavy atom. The summed E-state index contributed by atoms with van der Waals surface area (Å²) >= 11 is 1.51. The highest BCUT2D eigenvalue weighted by Gasteiger charge is 2.07. The Morgan fingerprint density at radius 1 is 1.71 bits per heavy atom. The molecule has 0 fully saturated rings. The Labute approximate surface area is 86.7 Å². The smallest absolute Gasteiger partial charge is 0.261 e. The molecule has 0 bridgehead atoms. The van der Waals surface area contributed by atoms with E-state index in [0.717, 1.165) is 10.4 Å². The van der Waals surface area contributed by atoms with Gasteiger partial charge in [0, 0.05) is 11.9 Å². The quantitative estimate of drug-likeness (QED) is 0.591. The molecule has 0 atom stereocenters. The number of hydrogen-bond donors (Lipinski definition) is 1. The zero-order chi connectivity index (χ0) is 10.6. The molecule has 0 aliphatic carbocycles. The van der Waals surface area contributed by atoms with Crippen LogP contribution in [0.3, 0.4) is 0 Å². The largest absolute Gasteiger partial charge is 0.354 e. The molecule has 0 aliphatic heterocycles. The van der Waals surface area contributed by atoms with E-state index < -0.39 is 0 Å². The van der Waals surface area contributed by atoms with Gasteiger partial charge < -0.3 is 5.32 Å². The third-order valence-electron chi connectivity index (χ3n) is 1.77. The number of nitriles is 1. The van der Waals surface area contributed by atoms with Crippen molar-refractivity contribution in [3.63, 3.8) is 0 Å². The van der Waals surface area contributed by atoms with Crippen LogP contribution in [0.15, 0.2) is 17.0 Å². The van der Waals surface area contributed by atoms with Crippen LogP contribution in [0.25, 0.3) is 6.08 Å². The Bertz CT molecular complexity index is 412. The summed E-state index contributed by atoms with van der Waals surface area (Å²) in [4.78, 5) is 12.1. The average Bonchev–Trinajstić information content (AvgIpc) is 2.59. The summed E-state index contributed by atoms with van der Waals surface area (Å²) in [5, 5.41) is 13.1. The lowest BCUT2D eigenvalue weighted by Crippen LogP contribution is -2.19. The van der Waals surface area contributed by atoms with Crippen LogP contribution in [0.4, 0.5) is 0 Å². The standard InChI is InChI=1S/C10H10N2OS/c1-7-3-4-14-9(7)5-8(6-11)10(13)12-2/h3-5H,1-2H3,(H,12,13)/b8-5+. The zero-order valence-electron chi connectivity index (χ0n) is 8.00. The molecule has 1 N–H and O–H groups in total. The molecule has 0 aromatic carbocycles. The summed E-state index contributed by atoms with van der Waals surface area (Å²) in [6.45, 7) is 1.95. The molecule has 3 nitrogen and oxygen atoms in total. The molecule has 72 valence electrons. The Hall–Kier alpha value is -1.60. The van der Waals surface area contributed by atoms with Gasteiger partial charge in [0.25, 0.3) is 5.91 Å². The number of rotatable bonds is 2. The van der Waals surface area contributed by atoms with E-state index in [4.69, 9.17) is 5.26 Å². The molecule has 0 saturated heterocycles. The number of carbonyl (C=O) groups excluding carboxylic acids is 1. The van der Waals surface area contributed by atoms with Crippen molar-refractivity contribution in [3.8, 4) is 6.07 Å². The molecule has 1 aromatic rings. The van der Waals surface area contributed by atoms with Crippen molar-refractivity contribution in [2.45, 2.75) is 6.92 Å². The van der Waals surface area contributed by atoms with Crippen LogP contribution >= 0.6 is 11.3 Å². The van der Waals surface area contributed by atoms with E-state index in [2.05, 4.69) is 5.32 Å². The van der Waals surface area contributed by atoms with Gasteiger partial charge in [-0.05, 0) is 30.0 Å². The normalized spacial score (nSPS) is 10.8. The maximum atomic E-state index is 11.2. The second kappa shape index (κ2) is 4.58. The first-order valence-electron chi connectivity index (χ1n) is 4.07. The second-order valence-corrected chi connectivity index (χ2v) is 3.66. The number of nitrogens with zero attached hydrogens (tertiary/aromatic N) is 1. The van der Waals surface area contributed by atoms with Gasteiger partial charge in [0.1, 0.15) is 11.6 Å². The number of thiophene rings is 1. The molecule has 1 aromatic heterocycles. The van der Waals surface area contributed by atoms with Crippen LogP contribution in [0, 0.1) is 18.3 Å².